The predicted octanol–water partition coefficient (Wildman–Crippen LogP) is 2.85. The van der Waals surface area contributed by atoms with Crippen LogP contribution in [0.4, 0.5) is 5.69 Å². The molecule has 0 atom stereocenters. The standard InChI is InChI=1S/C14H15NO3/c1-2-13(16)15-10-5-6-11-12(9-10)18-14(17-11)7-3-4-8-14/h2,5-6,9H,1,3-4,7-8H2,(H,15,16). The molecule has 1 amide bonds. The molecule has 1 fully saturated rings. The van der Waals surface area contributed by atoms with Crippen LogP contribution >= 0.6 is 0 Å². The van der Waals surface area contributed by atoms with Crippen molar-refractivity contribution in [2.24, 2.45) is 0 Å². The van der Waals surface area contributed by atoms with Gasteiger partial charge in [0.25, 0.3) is 5.79 Å². The highest BCUT2D eigenvalue weighted by atomic mass is 16.7. The van der Waals surface area contributed by atoms with Crippen LogP contribution in [0, 0.1) is 0 Å². The van der Waals surface area contributed by atoms with Crippen LogP contribution in [0.3, 0.4) is 0 Å². The number of hydrogen-bond donors (Lipinski definition) is 1. The Bertz CT molecular complexity index is 504. The SMILES string of the molecule is C=CC(=O)Nc1ccc2c(c1)OC1(CCCC1)O2. The van der Waals surface area contributed by atoms with E-state index in [1.165, 1.54) is 6.08 Å². The highest BCUT2D eigenvalue weighted by Crippen LogP contribution is 2.47. The van der Waals surface area contributed by atoms with E-state index in [1.807, 2.05) is 6.07 Å². The zero-order chi connectivity index (χ0) is 12.6. The molecule has 3 rings (SSSR count). The number of rotatable bonds is 2. The summed E-state index contributed by atoms with van der Waals surface area (Å²) in [6, 6.07) is 5.43. The average Bonchev–Trinajstić information content (AvgIpc) is 2.95. The third-order valence-electron chi connectivity index (χ3n) is 3.35. The van der Waals surface area contributed by atoms with Crippen molar-refractivity contribution >= 4 is 11.6 Å². The van der Waals surface area contributed by atoms with Gasteiger partial charge in [-0.2, -0.15) is 0 Å². The lowest BCUT2D eigenvalue weighted by Crippen LogP contribution is -2.34. The maximum atomic E-state index is 11.2. The van der Waals surface area contributed by atoms with Gasteiger partial charge in [-0.1, -0.05) is 6.58 Å². The fraction of sp³-hybridized carbons (Fsp3) is 0.357. The van der Waals surface area contributed by atoms with Crippen molar-refractivity contribution in [2.75, 3.05) is 5.32 Å². The molecule has 0 aromatic heterocycles. The Kier molecular flexibility index (Phi) is 2.51. The summed E-state index contributed by atoms with van der Waals surface area (Å²) in [7, 11) is 0. The molecule has 94 valence electrons. The number of carbonyl (C=O) groups is 1. The summed E-state index contributed by atoms with van der Waals surface area (Å²) in [4.78, 5) is 11.2. The Morgan fingerprint density at radius 3 is 2.72 bits per heavy atom. The molecule has 18 heavy (non-hydrogen) atoms. The molecular formula is C14H15NO3. The van der Waals surface area contributed by atoms with E-state index in [1.54, 1.807) is 12.1 Å². The molecule has 1 spiro atoms. The van der Waals surface area contributed by atoms with Crippen molar-refractivity contribution in [3.63, 3.8) is 0 Å². The number of fused-ring (bicyclic) bond motifs is 1. The van der Waals surface area contributed by atoms with Crippen LogP contribution in [0.1, 0.15) is 25.7 Å². The Labute approximate surface area is 106 Å². The van der Waals surface area contributed by atoms with Gasteiger partial charge in [0.15, 0.2) is 11.5 Å². The number of ether oxygens (including phenoxy) is 2. The molecule has 2 aliphatic rings. The monoisotopic (exact) mass is 245 g/mol. The molecule has 1 aromatic carbocycles. The van der Waals surface area contributed by atoms with Crippen LogP contribution in [0.25, 0.3) is 0 Å². The minimum absolute atomic E-state index is 0.232. The van der Waals surface area contributed by atoms with Crippen LogP contribution in [0.15, 0.2) is 30.9 Å². The van der Waals surface area contributed by atoms with Crippen LogP contribution in [0.5, 0.6) is 11.5 Å². The van der Waals surface area contributed by atoms with Crippen molar-refractivity contribution in [3.8, 4) is 11.5 Å². The minimum Gasteiger partial charge on any atom is -0.448 e. The van der Waals surface area contributed by atoms with Crippen molar-refractivity contribution in [3.05, 3.63) is 30.9 Å². The van der Waals surface area contributed by atoms with Crippen LogP contribution < -0.4 is 14.8 Å². The van der Waals surface area contributed by atoms with Gasteiger partial charge in [0.2, 0.25) is 5.91 Å². The first kappa shape index (κ1) is 11.1. The number of anilines is 1. The van der Waals surface area contributed by atoms with E-state index in [2.05, 4.69) is 11.9 Å². The largest absolute Gasteiger partial charge is 0.448 e. The molecule has 4 heteroatoms. The number of carbonyl (C=O) groups excluding carboxylic acids is 1. The van der Waals surface area contributed by atoms with Gasteiger partial charge in [-0.05, 0) is 31.1 Å². The van der Waals surface area contributed by atoms with Crippen molar-refractivity contribution in [1.82, 2.24) is 0 Å². The maximum absolute atomic E-state index is 11.2. The molecule has 1 aliphatic carbocycles. The quantitative estimate of drug-likeness (QED) is 0.815. The molecule has 1 aromatic rings. The fourth-order valence-electron chi connectivity index (χ4n) is 2.48. The summed E-state index contributed by atoms with van der Waals surface area (Å²) < 4.78 is 11.8. The zero-order valence-electron chi connectivity index (χ0n) is 10.1. The Balaban J connectivity index is 1.82. The zero-order valence-corrected chi connectivity index (χ0v) is 10.1. The minimum atomic E-state index is -0.455. The van der Waals surface area contributed by atoms with E-state index in [0.717, 1.165) is 31.4 Å². The van der Waals surface area contributed by atoms with Crippen molar-refractivity contribution in [2.45, 2.75) is 31.5 Å². The predicted molar refractivity (Wildman–Crippen MR) is 67.7 cm³/mol. The summed E-state index contributed by atoms with van der Waals surface area (Å²) in [6.45, 7) is 3.42. The van der Waals surface area contributed by atoms with Crippen molar-refractivity contribution in [1.29, 1.82) is 0 Å². The van der Waals surface area contributed by atoms with Gasteiger partial charge >= 0.3 is 0 Å². The lowest BCUT2D eigenvalue weighted by molar-refractivity contribution is -0.111. The van der Waals surface area contributed by atoms with Gasteiger partial charge in [0, 0.05) is 24.6 Å². The normalized spacial score (nSPS) is 18.9. The number of nitrogens with one attached hydrogen (secondary N) is 1. The number of benzene rings is 1. The molecule has 1 saturated carbocycles. The van der Waals surface area contributed by atoms with Gasteiger partial charge in [0.05, 0.1) is 0 Å². The average molecular weight is 245 g/mol. The highest BCUT2D eigenvalue weighted by molar-refractivity contribution is 5.99. The molecule has 1 aliphatic heterocycles. The van der Waals surface area contributed by atoms with Gasteiger partial charge < -0.3 is 14.8 Å². The summed E-state index contributed by atoms with van der Waals surface area (Å²) in [5, 5.41) is 2.71. The molecule has 1 N–H and O–H groups in total. The van der Waals surface area contributed by atoms with Crippen molar-refractivity contribution < 1.29 is 14.3 Å². The molecule has 1 heterocycles. The van der Waals surface area contributed by atoms with E-state index >= 15 is 0 Å². The summed E-state index contributed by atoms with van der Waals surface area (Å²) in [6.07, 6.45) is 5.36. The highest BCUT2D eigenvalue weighted by Gasteiger charge is 2.44. The van der Waals surface area contributed by atoms with Gasteiger partial charge in [-0.15, -0.1) is 0 Å². The Hall–Kier alpha value is -1.97. The molecule has 4 nitrogen and oxygen atoms in total. The Morgan fingerprint density at radius 1 is 1.28 bits per heavy atom. The molecule has 0 radical (unpaired) electrons. The summed E-state index contributed by atoms with van der Waals surface area (Å²) >= 11 is 0. The second-order valence-electron chi connectivity index (χ2n) is 4.68. The Morgan fingerprint density at radius 2 is 2.00 bits per heavy atom. The van der Waals surface area contributed by atoms with Gasteiger partial charge in [-0.3, -0.25) is 4.79 Å². The van der Waals surface area contributed by atoms with Gasteiger partial charge in [0.1, 0.15) is 0 Å². The maximum Gasteiger partial charge on any atom is 0.251 e. The second kappa shape index (κ2) is 4.05. The van der Waals surface area contributed by atoms with Crippen LogP contribution in [0.2, 0.25) is 0 Å². The lowest BCUT2D eigenvalue weighted by atomic mass is 10.2. The topological polar surface area (TPSA) is 47.6 Å². The number of amides is 1. The van der Waals surface area contributed by atoms with Crippen LogP contribution in [-0.4, -0.2) is 11.7 Å². The first-order valence-electron chi connectivity index (χ1n) is 6.16. The van der Waals surface area contributed by atoms with E-state index < -0.39 is 5.79 Å². The molecule has 0 saturated heterocycles. The summed E-state index contributed by atoms with van der Waals surface area (Å²) in [5.41, 5.74) is 0.692. The first-order valence-corrected chi connectivity index (χ1v) is 6.16. The second-order valence-corrected chi connectivity index (χ2v) is 4.68. The van der Waals surface area contributed by atoms with E-state index in [-0.39, 0.29) is 5.91 Å². The third kappa shape index (κ3) is 1.83. The smallest absolute Gasteiger partial charge is 0.251 e. The molecular weight excluding hydrogens is 230 g/mol. The van der Waals surface area contributed by atoms with E-state index in [9.17, 15) is 4.79 Å². The molecule has 0 bridgehead atoms. The van der Waals surface area contributed by atoms with E-state index in [4.69, 9.17) is 9.47 Å². The third-order valence-corrected chi connectivity index (χ3v) is 3.35. The number of hydrogen-bond acceptors (Lipinski definition) is 3. The van der Waals surface area contributed by atoms with E-state index in [0.29, 0.717) is 11.4 Å². The van der Waals surface area contributed by atoms with Gasteiger partial charge in [-0.25, -0.2) is 0 Å². The summed E-state index contributed by atoms with van der Waals surface area (Å²) in [5.74, 6) is 0.778. The van der Waals surface area contributed by atoms with Crippen LogP contribution in [-0.2, 0) is 4.79 Å². The fourth-order valence-corrected chi connectivity index (χ4v) is 2.48. The lowest BCUT2D eigenvalue weighted by Gasteiger charge is -2.21. The first-order chi connectivity index (χ1) is 8.71. The molecule has 0 unspecified atom stereocenters.